The van der Waals surface area contributed by atoms with E-state index in [-0.39, 0.29) is 0 Å². The van der Waals surface area contributed by atoms with E-state index in [4.69, 9.17) is 9.47 Å². The molecule has 0 atom stereocenters. The molecular weight excluding hydrogens is 398 g/mol. The Morgan fingerprint density at radius 2 is 1.80 bits per heavy atom. The van der Waals surface area contributed by atoms with E-state index in [2.05, 4.69) is 10.8 Å². The molecular formula is C24H23NO4S. The number of fused-ring (bicyclic) bond motifs is 2. The van der Waals surface area contributed by atoms with Gasteiger partial charge in [-0.15, -0.1) is 0 Å². The summed E-state index contributed by atoms with van der Waals surface area (Å²) in [6.45, 7) is 2.49. The molecule has 0 saturated carbocycles. The molecule has 1 N–H and O–H groups in total. The van der Waals surface area contributed by atoms with Gasteiger partial charge in [0, 0.05) is 16.8 Å². The van der Waals surface area contributed by atoms with Gasteiger partial charge in [-0.05, 0) is 59.5 Å². The van der Waals surface area contributed by atoms with Gasteiger partial charge in [-0.1, -0.05) is 36.4 Å². The van der Waals surface area contributed by atoms with E-state index in [1.165, 1.54) is 0 Å². The maximum absolute atomic E-state index is 11.7. The van der Waals surface area contributed by atoms with Crippen molar-refractivity contribution in [3.8, 4) is 11.5 Å². The SMILES string of the molecule is COc1ccc2c(c1)COc1ccccc1/C2=C(\C)c1cccc(NS(C)(=O)=O)c1. The third-order valence-corrected chi connectivity index (χ3v) is 5.70. The van der Waals surface area contributed by atoms with Crippen LogP contribution in [0.2, 0.25) is 0 Å². The van der Waals surface area contributed by atoms with E-state index >= 15 is 0 Å². The number of hydrogen-bond acceptors (Lipinski definition) is 4. The quantitative estimate of drug-likeness (QED) is 0.648. The minimum Gasteiger partial charge on any atom is -0.497 e. The van der Waals surface area contributed by atoms with Crippen molar-refractivity contribution in [2.75, 3.05) is 18.1 Å². The molecule has 4 rings (SSSR count). The highest BCUT2D eigenvalue weighted by atomic mass is 32.2. The average Bonchev–Trinajstić information content (AvgIpc) is 2.88. The fourth-order valence-electron chi connectivity index (χ4n) is 3.74. The Hall–Kier alpha value is -3.25. The van der Waals surface area contributed by atoms with E-state index in [0.29, 0.717) is 12.3 Å². The number of allylic oxidation sites excluding steroid dienone is 1. The highest BCUT2D eigenvalue weighted by Crippen LogP contribution is 2.42. The van der Waals surface area contributed by atoms with Crippen LogP contribution >= 0.6 is 0 Å². The summed E-state index contributed by atoms with van der Waals surface area (Å²) in [4.78, 5) is 0. The minimum absolute atomic E-state index is 0.440. The Morgan fingerprint density at radius 3 is 2.57 bits per heavy atom. The van der Waals surface area contributed by atoms with Gasteiger partial charge in [-0.25, -0.2) is 8.42 Å². The molecule has 1 aliphatic rings. The molecule has 0 aromatic heterocycles. The van der Waals surface area contributed by atoms with Crippen LogP contribution in [0.5, 0.6) is 11.5 Å². The number of anilines is 1. The standard InChI is InChI=1S/C24H23NO4S/c1-16(17-7-6-8-19(13-17)25-30(3,26)27)24-21-12-11-20(28-2)14-18(21)15-29-23-10-5-4-9-22(23)24/h4-14,25H,15H2,1-3H3/b24-16+. The molecule has 3 aromatic carbocycles. The molecule has 0 saturated heterocycles. The summed E-state index contributed by atoms with van der Waals surface area (Å²) in [6, 6.07) is 21.4. The maximum atomic E-state index is 11.7. The number of methoxy groups -OCH3 is 1. The topological polar surface area (TPSA) is 64.6 Å². The molecule has 0 aliphatic carbocycles. The Morgan fingerprint density at radius 1 is 1.00 bits per heavy atom. The zero-order valence-electron chi connectivity index (χ0n) is 17.1. The first-order valence-electron chi connectivity index (χ1n) is 9.54. The molecule has 1 aliphatic heterocycles. The van der Waals surface area contributed by atoms with Crippen LogP contribution in [0.1, 0.15) is 29.2 Å². The smallest absolute Gasteiger partial charge is 0.229 e. The number of sulfonamides is 1. The number of para-hydroxylation sites is 1. The van der Waals surface area contributed by atoms with Gasteiger partial charge >= 0.3 is 0 Å². The van der Waals surface area contributed by atoms with Gasteiger partial charge in [0.1, 0.15) is 18.1 Å². The second-order valence-electron chi connectivity index (χ2n) is 7.26. The third-order valence-electron chi connectivity index (χ3n) is 5.10. The van der Waals surface area contributed by atoms with Gasteiger partial charge in [-0.2, -0.15) is 0 Å². The van der Waals surface area contributed by atoms with Crippen LogP contribution in [0.25, 0.3) is 11.1 Å². The zero-order valence-corrected chi connectivity index (χ0v) is 17.9. The number of ether oxygens (including phenoxy) is 2. The molecule has 0 unspecified atom stereocenters. The zero-order chi connectivity index (χ0) is 21.3. The van der Waals surface area contributed by atoms with Crippen LogP contribution in [0.4, 0.5) is 5.69 Å². The Balaban J connectivity index is 1.94. The van der Waals surface area contributed by atoms with Crippen molar-refractivity contribution in [2.45, 2.75) is 13.5 Å². The van der Waals surface area contributed by atoms with Crippen molar-refractivity contribution < 1.29 is 17.9 Å². The largest absolute Gasteiger partial charge is 0.497 e. The lowest BCUT2D eigenvalue weighted by atomic mass is 9.88. The van der Waals surface area contributed by atoms with E-state index < -0.39 is 10.0 Å². The fraction of sp³-hybridized carbons (Fsp3) is 0.167. The van der Waals surface area contributed by atoms with Crippen molar-refractivity contribution in [1.29, 1.82) is 0 Å². The van der Waals surface area contributed by atoms with Gasteiger partial charge in [0.05, 0.1) is 13.4 Å². The Labute approximate surface area is 177 Å². The van der Waals surface area contributed by atoms with Crippen molar-refractivity contribution in [2.24, 2.45) is 0 Å². The van der Waals surface area contributed by atoms with Crippen LogP contribution in [-0.2, 0) is 16.6 Å². The lowest BCUT2D eigenvalue weighted by molar-refractivity contribution is 0.306. The monoisotopic (exact) mass is 421 g/mol. The first-order valence-corrected chi connectivity index (χ1v) is 11.4. The molecule has 3 aromatic rings. The second kappa shape index (κ2) is 7.88. The molecule has 0 amide bonds. The molecule has 6 heteroatoms. The molecule has 0 fully saturated rings. The average molecular weight is 422 g/mol. The predicted molar refractivity (Wildman–Crippen MR) is 120 cm³/mol. The van der Waals surface area contributed by atoms with Crippen LogP contribution in [-0.4, -0.2) is 21.8 Å². The van der Waals surface area contributed by atoms with Gasteiger partial charge in [0.25, 0.3) is 0 Å². The van der Waals surface area contributed by atoms with Crippen molar-refractivity contribution >= 4 is 26.9 Å². The molecule has 30 heavy (non-hydrogen) atoms. The number of benzene rings is 3. The van der Waals surface area contributed by atoms with E-state index in [9.17, 15) is 8.42 Å². The first-order chi connectivity index (χ1) is 14.4. The molecule has 154 valence electrons. The van der Waals surface area contributed by atoms with E-state index in [0.717, 1.165) is 51.2 Å². The van der Waals surface area contributed by atoms with E-state index in [1.54, 1.807) is 13.2 Å². The van der Waals surface area contributed by atoms with Crippen LogP contribution in [0, 0.1) is 0 Å². The van der Waals surface area contributed by atoms with Crippen LogP contribution in [0.3, 0.4) is 0 Å². The highest BCUT2D eigenvalue weighted by molar-refractivity contribution is 7.92. The second-order valence-corrected chi connectivity index (χ2v) is 9.01. The van der Waals surface area contributed by atoms with Crippen molar-refractivity contribution in [3.05, 3.63) is 89.0 Å². The highest BCUT2D eigenvalue weighted by Gasteiger charge is 2.22. The fourth-order valence-corrected chi connectivity index (χ4v) is 4.29. The van der Waals surface area contributed by atoms with Gasteiger partial charge in [-0.3, -0.25) is 4.72 Å². The molecule has 0 radical (unpaired) electrons. The van der Waals surface area contributed by atoms with Gasteiger partial charge in [0.15, 0.2) is 0 Å². The van der Waals surface area contributed by atoms with Crippen LogP contribution < -0.4 is 14.2 Å². The summed E-state index contributed by atoms with van der Waals surface area (Å²) >= 11 is 0. The Kier molecular flexibility index (Phi) is 5.26. The summed E-state index contributed by atoms with van der Waals surface area (Å²) in [7, 11) is -1.71. The van der Waals surface area contributed by atoms with Gasteiger partial charge in [0.2, 0.25) is 10.0 Å². The van der Waals surface area contributed by atoms with Crippen LogP contribution in [0.15, 0.2) is 66.7 Å². The first kappa shape index (κ1) is 20.0. The molecule has 0 bridgehead atoms. The Bertz CT molecular complexity index is 1250. The predicted octanol–water partition coefficient (Wildman–Crippen LogP) is 4.94. The van der Waals surface area contributed by atoms with Crippen molar-refractivity contribution in [3.63, 3.8) is 0 Å². The molecule has 5 nitrogen and oxygen atoms in total. The normalized spacial score (nSPS) is 14.6. The summed E-state index contributed by atoms with van der Waals surface area (Å²) in [6.07, 6.45) is 1.15. The third kappa shape index (κ3) is 4.04. The lowest BCUT2D eigenvalue weighted by Crippen LogP contribution is -2.09. The summed E-state index contributed by atoms with van der Waals surface area (Å²) in [5, 5.41) is 0. The van der Waals surface area contributed by atoms with Crippen molar-refractivity contribution in [1.82, 2.24) is 0 Å². The minimum atomic E-state index is -3.36. The number of hydrogen-bond donors (Lipinski definition) is 1. The molecule has 1 heterocycles. The van der Waals surface area contributed by atoms with Gasteiger partial charge < -0.3 is 9.47 Å². The van der Waals surface area contributed by atoms with E-state index in [1.807, 2.05) is 61.5 Å². The summed E-state index contributed by atoms with van der Waals surface area (Å²) in [5.74, 6) is 1.59. The lowest BCUT2D eigenvalue weighted by Gasteiger charge is -2.16. The maximum Gasteiger partial charge on any atom is 0.229 e. The summed E-state index contributed by atoms with van der Waals surface area (Å²) in [5.41, 5.74) is 6.64. The molecule has 0 spiro atoms. The summed E-state index contributed by atoms with van der Waals surface area (Å²) < 4.78 is 37.4. The number of nitrogens with one attached hydrogen (secondary N) is 1. The number of rotatable bonds is 4.